The van der Waals surface area contributed by atoms with E-state index in [1.165, 1.54) is 5.56 Å². The first-order valence-corrected chi connectivity index (χ1v) is 11.1. The number of aromatic nitrogens is 4. The molecule has 1 aliphatic rings. The van der Waals surface area contributed by atoms with E-state index in [9.17, 15) is 9.90 Å². The number of rotatable bonds is 9. The van der Waals surface area contributed by atoms with Crippen LogP contribution in [0, 0.1) is 0 Å². The Bertz CT molecular complexity index is 980. The van der Waals surface area contributed by atoms with Crippen LogP contribution in [0.15, 0.2) is 61.1 Å². The van der Waals surface area contributed by atoms with Gasteiger partial charge in [-0.1, -0.05) is 41.6 Å². The van der Waals surface area contributed by atoms with E-state index in [0.717, 1.165) is 36.9 Å². The number of benzene rings is 1. The molecule has 3 aromatic rings. The topological polar surface area (TPSA) is 102 Å². The Morgan fingerprint density at radius 3 is 2.78 bits per heavy atom. The fourth-order valence-electron chi connectivity index (χ4n) is 4.07. The molecular formula is C24H29N5O3. The van der Waals surface area contributed by atoms with Gasteiger partial charge in [0.1, 0.15) is 6.10 Å². The largest absolute Gasteiger partial charge is 0.394 e. The van der Waals surface area contributed by atoms with Crippen molar-refractivity contribution in [2.45, 2.75) is 56.9 Å². The quantitative estimate of drug-likeness (QED) is 0.532. The van der Waals surface area contributed by atoms with E-state index in [2.05, 4.69) is 32.7 Å². The molecule has 0 bridgehead atoms. The number of aliphatic hydroxyl groups is 1. The van der Waals surface area contributed by atoms with Crippen molar-refractivity contribution in [3.05, 3.63) is 77.9 Å². The van der Waals surface area contributed by atoms with Crippen LogP contribution in [0.2, 0.25) is 0 Å². The van der Waals surface area contributed by atoms with E-state index >= 15 is 0 Å². The van der Waals surface area contributed by atoms with Crippen LogP contribution < -0.4 is 5.32 Å². The summed E-state index contributed by atoms with van der Waals surface area (Å²) in [5.74, 6) is -0.0861. The fourth-order valence-corrected chi connectivity index (χ4v) is 4.07. The summed E-state index contributed by atoms with van der Waals surface area (Å²) in [4.78, 5) is 16.4. The van der Waals surface area contributed by atoms with Crippen molar-refractivity contribution in [3.63, 3.8) is 0 Å². The Kier molecular flexibility index (Phi) is 7.58. The normalized spacial score (nSPS) is 20.7. The van der Waals surface area contributed by atoms with Crippen molar-refractivity contribution in [1.82, 2.24) is 25.3 Å². The second kappa shape index (κ2) is 11.0. The van der Waals surface area contributed by atoms with Crippen molar-refractivity contribution in [2.24, 2.45) is 0 Å². The van der Waals surface area contributed by atoms with Gasteiger partial charge in [0.05, 0.1) is 30.9 Å². The first-order chi connectivity index (χ1) is 15.7. The predicted octanol–water partition coefficient (Wildman–Crippen LogP) is 1.92. The van der Waals surface area contributed by atoms with Crippen LogP contribution in [0.4, 0.5) is 0 Å². The second-order valence-electron chi connectivity index (χ2n) is 8.19. The van der Waals surface area contributed by atoms with E-state index < -0.39 is 6.10 Å². The van der Waals surface area contributed by atoms with Gasteiger partial charge in [-0.25, -0.2) is 0 Å². The third kappa shape index (κ3) is 6.21. The van der Waals surface area contributed by atoms with Gasteiger partial charge in [-0.2, -0.15) is 0 Å². The number of aryl methyl sites for hydroxylation is 1. The fraction of sp³-hybridized carbons (Fsp3) is 0.417. The molecule has 3 heterocycles. The van der Waals surface area contributed by atoms with Crippen molar-refractivity contribution in [2.75, 3.05) is 6.61 Å². The van der Waals surface area contributed by atoms with Crippen molar-refractivity contribution >= 4 is 5.91 Å². The van der Waals surface area contributed by atoms with E-state index in [4.69, 9.17) is 4.74 Å². The molecule has 3 atom stereocenters. The minimum Gasteiger partial charge on any atom is -0.394 e. The summed E-state index contributed by atoms with van der Waals surface area (Å²) < 4.78 is 7.93. The van der Waals surface area contributed by atoms with Gasteiger partial charge in [0.15, 0.2) is 0 Å². The zero-order valence-corrected chi connectivity index (χ0v) is 18.0. The number of nitrogens with zero attached hydrogens (tertiary/aromatic N) is 4. The van der Waals surface area contributed by atoms with Gasteiger partial charge in [0.25, 0.3) is 0 Å². The molecule has 1 amide bonds. The Morgan fingerprint density at radius 2 is 2.00 bits per heavy atom. The van der Waals surface area contributed by atoms with Crippen molar-refractivity contribution in [3.8, 4) is 0 Å². The smallest absolute Gasteiger partial charge is 0.224 e. The van der Waals surface area contributed by atoms with E-state index in [0.29, 0.717) is 6.54 Å². The van der Waals surface area contributed by atoms with Crippen LogP contribution in [0.25, 0.3) is 0 Å². The molecule has 0 saturated carbocycles. The van der Waals surface area contributed by atoms with Crippen LogP contribution >= 0.6 is 0 Å². The Labute approximate surface area is 187 Å². The number of carbonyl (C=O) groups is 1. The number of amides is 1. The highest BCUT2D eigenvalue weighted by molar-refractivity contribution is 5.78. The van der Waals surface area contributed by atoms with Crippen LogP contribution in [0.3, 0.4) is 0 Å². The maximum Gasteiger partial charge on any atom is 0.224 e. The third-order valence-electron chi connectivity index (χ3n) is 5.72. The number of pyridine rings is 1. The summed E-state index contributed by atoms with van der Waals surface area (Å²) in [6.45, 7) is 0.571. The molecule has 1 aliphatic heterocycles. The number of carbonyl (C=O) groups excluding carboxylic acids is 1. The molecule has 32 heavy (non-hydrogen) atoms. The number of hydrogen-bond donors (Lipinski definition) is 2. The number of aliphatic hydroxyl groups excluding tert-OH is 1. The number of nitrogens with one attached hydrogen (secondary N) is 1. The molecule has 0 spiro atoms. The standard InChI is InChI=1S/C24H29N5O3/c30-17-23-22(26-24(31)14-19-7-4-11-25-15-19)9-8-21(32-23)10-12-29-16-20(27-28-29)13-18-5-2-1-3-6-18/h1-7,11,15-16,21-23,30H,8-10,12-14,17H2,(H,26,31)/t21-,22+,23+/m1/s1. The molecule has 2 N–H and O–H groups in total. The molecular weight excluding hydrogens is 406 g/mol. The lowest BCUT2D eigenvalue weighted by Gasteiger charge is -2.36. The maximum absolute atomic E-state index is 12.4. The van der Waals surface area contributed by atoms with Gasteiger partial charge < -0.3 is 15.2 Å². The minimum absolute atomic E-state index is 0.0143. The Hall–Kier alpha value is -3.10. The Morgan fingerprint density at radius 1 is 1.16 bits per heavy atom. The zero-order valence-electron chi connectivity index (χ0n) is 18.0. The van der Waals surface area contributed by atoms with Gasteiger partial charge in [0.2, 0.25) is 5.91 Å². The molecule has 0 aliphatic carbocycles. The van der Waals surface area contributed by atoms with Gasteiger partial charge in [-0.15, -0.1) is 5.10 Å². The highest BCUT2D eigenvalue weighted by atomic mass is 16.5. The summed E-state index contributed by atoms with van der Waals surface area (Å²) >= 11 is 0. The Balaban J connectivity index is 1.23. The molecule has 0 radical (unpaired) electrons. The number of ether oxygens (including phenoxy) is 1. The van der Waals surface area contributed by atoms with Crippen LogP contribution in [0.1, 0.15) is 36.1 Å². The lowest BCUT2D eigenvalue weighted by atomic mass is 9.97. The highest BCUT2D eigenvalue weighted by Gasteiger charge is 2.31. The number of hydrogen-bond acceptors (Lipinski definition) is 6. The van der Waals surface area contributed by atoms with Crippen LogP contribution in [-0.4, -0.2) is 55.8 Å². The van der Waals surface area contributed by atoms with Crippen LogP contribution in [0.5, 0.6) is 0 Å². The molecule has 168 valence electrons. The zero-order chi connectivity index (χ0) is 22.2. The molecule has 4 rings (SSSR count). The first-order valence-electron chi connectivity index (χ1n) is 11.1. The van der Waals surface area contributed by atoms with Crippen molar-refractivity contribution < 1.29 is 14.6 Å². The summed E-state index contributed by atoms with van der Waals surface area (Å²) in [5, 5.41) is 21.3. The molecule has 8 heteroatoms. The summed E-state index contributed by atoms with van der Waals surface area (Å²) in [6, 6.07) is 13.7. The van der Waals surface area contributed by atoms with Crippen LogP contribution in [-0.2, 0) is 28.9 Å². The van der Waals surface area contributed by atoms with Gasteiger partial charge >= 0.3 is 0 Å². The predicted molar refractivity (Wildman–Crippen MR) is 119 cm³/mol. The average molecular weight is 436 g/mol. The first kappa shape index (κ1) is 22.1. The highest BCUT2D eigenvalue weighted by Crippen LogP contribution is 2.22. The van der Waals surface area contributed by atoms with E-state index in [1.54, 1.807) is 12.4 Å². The molecule has 1 fully saturated rings. The van der Waals surface area contributed by atoms with Gasteiger partial charge in [-0.3, -0.25) is 14.5 Å². The lowest BCUT2D eigenvalue weighted by Crippen LogP contribution is -2.51. The molecule has 0 unspecified atom stereocenters. The summed E-state index contributed by atoms with van der Waals surface area (Å²) in [5.41, 5.74) is 3.00. The second-order valence-corrected chi connectivity index (χ2v) is 8.19. The SMILES string of the molecule is O=C(Cc1cccnc1)N[C@H]1CC[C@H](CCn2cc(Cc3ccccc3)nn2)O[C@H]1CO. The van der Waals surface area contributed by atoms with Gasteiger partial charge in [0, 0.05) is 31.6 Å². The molecule has 1 aromatic carbocycles. The molecule has 1 saturated heterocycles. The molecule has 2 aromatic heterocycles. The summed E-state index contributed by atoms with van der Waals surface area (Å²) in [6.07, 6.45) is 8.34. The van der Waals surface area contributed by atoms with E-state index in [1.807, 2.05) is 41.2 Å². The maximum atomic E-state index is 12.4. The average Bonchev–Trinajstić information content (AvgIpc) is 3.27. The third-order valence-corrected chi connectivity index (χ3v) is 5.72. The molecule has 8 nitrogen and oxygen atoms in total. The lowest BCUT2D eigenvalue weighted by molar-refractivity contribution is -0.128. The minimum atomic E-state index is -0.406. The summed E-state index contributed by atoms with van der Waals surface area (Å²) in [7, 11) is 0. The van der Waals surface area contributed by atoms with E-state index in [-0.39, 0.29) is 31.1 Å². The van der Waals surface area contributed by atoms with Crippen molar-refractivity contribution in [1.29, 1.82) is 0 Å². The monoisotopic (exact) mass is 435 g/mol. The van der Waals surface area contributed by atoms with Gasteiger partial charge in [-0.05, 0) is 36.5 Å².